The van der Waals surface area contributed by atoms with Gasteiger partial charge in [-0.15, -0.1) is 0 Å². The molecule has 0 saturated carbocycles. The van der Waals surface area contributed by atoms with E-state index in [0.717, 1.165) is 18.9 Å². The maximum absolute atomic E-state index is 9.03. The second kappa shape index (κ2) is 6.02. The number of aliphatic hydroxyl groups is 1. The molecule has 0 bridgehead atoms. The van der Waals surface area contributed by atoms with Crippen molar-refractivity contribution in [3.8, 4) is 0 Å². The third-order valence-corrected chi connectivity index (χ3v) is 2.70. The molecule has 0 aromatic carbocycles. The number of aromatic nitrogens is 3. The first-order valence-corrected chi connectivity index (χ1v) is 5.81. The summed E-state index contributed by atoms with van der Waals surface area (Å²) in [5.74, 6) is 1.38. The number of hydrogen-bond donors (Lipinski definition) is 2. The monoisotopic (exact) mass is 229 g/mol. The zero-order valence-corrected chi connectivity index (χ0v) is 10.2. The Bertz CT molecular complexity index is 343. The number of aliphatic hydroxyl groups excluding tert-OH is 1. The fourth-order valence-corrected chi connectivity index (χ4v) is 1.77. The average Bonchev–Trinajstić information content (AvgIpc) is 2.54. The van der Waals surface area contributed by atoms with Crippen LogP contribution >= 0.6 is 12.2 Å². The first-order chi connectivity index (χ1) is 7.15. The van der Waals surface area contributed by atoms with Crippen molar-refractivity contribution in [3.05, 3.63) is 10.6 Å². The molecule has 0 radical (unpaired) electrons. The van der Waals surface area contributed by atoms with Gasteiger partial charge in [0.2, 0.25) is 0 Å². The Kier molecular flexibility index (Phi) is 4.98. The summed E-state index contributed by atoms with van der Waals surface area (Å²) in [7, 11) is 0. The van der Waals surface area contributed by atoms with Gasteiger partial charge in [0, 0.05) is 6.54 Å². The van der Waals surface area contributed by atoms with Gasteiger partial charge in [0.15, 0.2) is 10.6 Å². The molecule has 2 N–H and O–H groups in total. The predicted molar refractivity (Wildman–Crippen MR) is 62.0 cm³/mol. The maximum Gasteiger partial charge on any atom is 0.195 e. The van der Waals surface area contributed by atoms with Crippen molar-refractivity contribution in [3.63, 3.8) is 0 Å². The Hall–Kier alpha value is -0.680. The van der Waals surface area contributed by atoms with Gasteiger partial charge in [0.05, 0.1) is 0 Å². The third-order valence-electron chi connectivity index (χ3n) is 2.39. The van der Waals surface area contributed by atoms with Crippen LogP contribution < -0.4 is 0 Å². The standard InChI is InChI=1S/C10H19N3OS/c1-8(2)5-3-4-6-13-9(7-14)11-12-10(13)15/h8,14H,3-7H2,1-2H3,(H,12,15). The average molecular weight is 229 g/mol. The molecule has 1 aromatic rings. The highest BCUT2D eigenvalue weighted by molar-refractivity contribution is 7.71. The fourth-order valence-electron chi connectivity index (χ4n) is 1.52. The van der Waals surface area contributed by atoms with Crippen molar-refractivity contribution in [2.75, 3.05) is 0 Å². The Labute approximate surface area is 95.3 Å². The minimum absolute atomic E-state index is 0.0582. The van der Waals surface area contributed by atoms with Crippen molar-refractivity contribution < 1.29 is 5.11 Å². The summed E-state index contributed by atoms with van der Waals surface area (Å²) in [6.45, 7) is 5.24. The van der Waals surface area contributed by atoms with Crippen LogP contribution in [0.4, 0.5) is 0 Å². The van der Waals surface area contributed by atoms with Gasteiger partial charge < -0.3 is 9.67 Å². The number of nitrogens with zero attached hydrogens (tertiary/aromatic N) is 2. The van der Waals surface area contributed by atoms with Crippen LogP contribution in [0.25, 0.3) is 0 Å². The van der Waals surface area contributed by atoms with E-state index in [-0.39, 0.29) is 6.61 Å². The van der Waals surface area contributed by atoms with Crippen LogP contribution in [0.1, 0.15) is 38.9 Å². The lowest BCUT2D eigenvalue weighted by Gasteiger charge is -2.06. The minimum atomic E-state index is -0.0582. The molecule has 86 valence electrons. The second-order valence-electron chi connectivity index (χ2n) is 4.14. The molecule has 0 aliphatic carbocycles. The molecule has 0 aliphatic heterocycles. The highest BCUT2D eigenvalue weighted by Crippen LogP contribution is 2.08. The first kappa shape index (κ1) is 12.4. The van der Waals surface area contributed by atoms with E-state index in [4.69, 9.17) is 17.3 Å². The summed E-state index contributed by atoms with van der Waals surface area (Å²) in [6, 6.07) is 0. The van der Waals surface area contributed by atoms with E-state index in [2.05, 4.69) is 24.0 Å². The van der Waals surface area contributed by atoms with Gasteiger partial charge in [-0.25, -0.2) is 0 Å². The molecule has 1 aromatic heterocycles. The summed E-state index contributed by atoms with van der Waals surface area (Å²) in [6.07, 6.45) is 3.51. The summed E-state index contributed by atoms with van der Waals surface area (Å²) in [5, 5.41) is 15.7. The van der Waals surface area contributed by atoms with E-state index in [1.54, 1.807) is 0 Å². The molecule has 0 atom stereocenters. The Morgan fingerprint density at radius 1 is 1.47 bits per heavy atom. The van der Waals surface area contributed by atoms with Gasteiger partial charge in [-0.1, -0.05) is 26.7 Å². The highest BCUT2D eigenvalue weighted by atomic mass is 32.1. The van der Waals surface area contributed by atoms with Gasteiger partial charge in [0.1, 0.15) is 6.61 Å². The summed E-state index contributed by atoms with van der Waals surface area (Å²) in [5.41, 5.74) is 0. The van der Waals surface area contributed by atoms with E-state index in [1.807, 2.05) is 4.57 Å². The van der Waals surface area contributed by atoms with Crippen LogP contribution in [0.2, 0.25) is 0 Å². The van der Waals surface area contributed by atoms with Gasteiger partial charge in [0.25, 0.3) is 0 Å². The van der Waals surface area contributed by atoms with Crippen LogP contribution in [-0.2, 0) is 13.2 Å². The fraction of sp³-hybridized carbons (Fsp3) is 0.800. The molecule has 0 spiro atoms. The van der Waals surface area contributed by atoms with Crippen molar-refractivity contribution in [2.45, 2.75) is 46.3 Å². The van der Waals surface area contributed by atoms with Gasteiger partial charge in [-0.2, -0.15) is 5.10 Å². The van der Waals surface area contributed by atoms with Crippen molar-refractivity contribution in [1.29, 1.82) is 0 Å². The second-order valence-corrected chi connectivity index (χ2v) is 4.53. The quantitative estimate of drug-likeness (QED) is 0.581. The number of unbranched alkanes of at least 4 members (excludes halogenated alkanes) is 1. The molecule has 5 heteroatoms. The molecule has 4 nitrogen and oxygen atoms in total. The zero-order valence-electron chi connectivity index (χ0n) is 9.36. The number of H-pyrrole nitrogens is 1. The van der Waals surface area contributed by atoms with Gasteiger partial charge in [-0.3, -0.25) is 5.10 Å². The Morgan fingerprint density at radius 2 is 2.20 bits per heavy atom. The number of rotatable bonds is 6. The minimum Gasteiger partial charge on any atom is -0.388 e. The number of nitrogens with one attached hydrogen (secondary N) is 1. The maximum atomic E-state index is 9.03. The van der Waals surface area contributed by atoms with Crippen LogP contribution in [0, 0.1) is 10.7 Å². The number of hydrogen-bond acceptors (Lipinski definition) is 3. The van der Waals surface area contributed by atoms with Crippen LogP contribution in [-0.4, -0.2) is 19.9 Å². The molecule has 15 heavy (non-hydrogen) atoms. The predicted octanol–water partition coefficient (Wildman–Crippen LogP) is 2.26. The number of aromatic amines is 1. The Balaban J connectivity index is 2.43. The summed E-state index contributed by atoms with van der Waals surface area (Å²) >= 11 is 5.07. The van der Waals surface area contributed by atoms with E-state index in [9.17, 15) is 0 Å². The molecule has 0 fully saturated rings. The van der Waals surface area contributed by atoms with E-state index >= 15 is 0 Å². The molecule has 0 aliphatic rings. The van der Waals surface area contributed by atoms with E-state index in [0.29, 0.717) is 10.6 Å². The zero-order chi connectivity index (χ0) is 11.3. The third kappa shape index (κ3) is 3.76. The lowest BCUT2D eigenvalue weighted by Crippen LogP contribution is -2.04. The molecule has 1 heterocycles. The van der Waals surface area contributed by atoms with Crippen molar-refractivity contribution in [2.24, 2.45) is 5.92 Å². The van der Waals surface area contributed by atoms with E-state index < -0.39 is 0 Å². The molecular formula is C10H19N3OS. The van der Waals surface area contributed by atoms with Crippen LogP contribution in [0.3, 0.4) is 0 Å². The molecule has 0 saturated heterocycles. The lowest BCUT2D eigenvalue weighted by atomic mass is 10.1. The molecule has 1 rings (SSSR count). The lowest BCUT2D eigenvalue weighted by molar-refractivity contribution is 0.263. The molecule has 0 unspecified atom stereocenters. The highest BCUT2D eigenvalue weighted by Gasteiger charge is 2.04. The van der Waals surface area contributed by atoms with E-state index in [1.165, 1.54) is 12.8 Å². The van der Waals surface area contributed by atoms with Crippen LogP contribution in [0.15, 0.2) is 0 Å². The summed E-state index contributed by atoms with van der Waals surface area (Å²) in [4.78, 5) is 0. The normalized spacial score (nSPS) is 11.2. The van der Waals surface area contributed by atoms with Crippen molar-refractivity contribution in [1.82, 2.24) is 14.8 Å². The smallest absolute Gasteiger partial charge is 0.195 e. The first-order valence-electron chi connectivity index (χ1n) is 5.40. The largest absolute Gasteiger partial charge is 0.388 e. The molecule has 0 amide bonds. The SMILES string of the molecule is CC(C)CCCCn1c(CO)n[nH]c1=S. The van der Waals surface area contributed by atoms with Gasteiger partial charge >= 0.3 is 0 Å². The van der Waals surface area contributed by atoms with Crippen molar-refractivity contribution >= 4 is 12.2 Å². The topological polar surface area (TPSA) is 53.8 Å². The van der Waals surface area contributed by atoms with Crippen LogP contribution in [0.5, 0.6) is 0 Å². The molecular weight excluding hydrogens is 210 g/mol. The van der Waals surface area contributed by atoms with Gasteiger partial charge in [-0.05, 0) is 24.6 Å². The summed E-state index contributed by atoms with van der Waals surface area (Å²) < 4.78 is 2.47. The Morgan fingerprint density at radius 3 is 2.80 bits per heavy atom.